The molecule has 1 aliphatic rings. The van der Waals surface area contributed by atoms with Gasteiger partial charge in [-0.3, -0.25) is 0 Å². The van der Waals surface area contributed by atoms with E-state index in [1.54, 1.807) is 30.3 Å². The summed E-state index contributed by atoms with van der Waals surface area (Å²) in [7, 11) is 1.22. The van der Waals surface area contributed by atoms with Crippen molar-refractivity contribution in [1.82, 2.24) is 0 Å². The normalized spacial score (nSPS) is 25.6. The minimum atomic E-state index is -1.55. The molecule has 5 atom stereocenters. The van der Waals surface area contributed by atoms with Gasteiger partial charge in [0.2, 0.25) is 6.29 Å². The molecule has 0 spiro atoms. The average Bonchev–Trinajstić information content (AvgIpc) is 3.17. The molecule has 2 heterocycles. The molecule has 7 N–H and O–H groups in total. The summed E-state index contributed by atoms with van der Waals surface area (Å²) in [4.78, 5) is 24.0. The van der Waals surface area contributed by atoms with Gasteiger partial charge in [0.15, 0.2) is 0 Å². The standard InChI is InChI=1S/C19H22N2O9S/c1-28-17(26)16-10(21-19(20)27)6-12(31-16)8-2-4-9(5-3-8)29-18-15(25)14(24)13(23)11(7-22)30-18/h2-6,11,13-15,18,22-25H,7H2,1H3,(H3,20,21,27)/t11-,13-,14+,15+,18+/m1/s1. The number of hydrogen-bond donors (Lipinski definition) is 6. The van der Waals surface area contributed by atoms with Crippen molar-refractivity contribution in [3.63, 3.8) is 0 Å². The predicted octanol–water partition coefficient (Wildman–Crippen LogP) is -0.129. The van der Waals surface area contributed by atoms with E-state index in [2.05, 4.69) is 5.32 Å². The number of benzene rings is 1. The number of methoxy groups -OCH3 is 1. The topological polar surface area (TPSA) is 181 Å². The lowest BCUT2D eigenvalue weighted by molar-refractivity contribution is -0.277. The first kappa shape index (κ1) is 22.9. The highest BCUT2D eigenvalue weighted by atomic mass is 32.1. The maximum atomic E-state index is 12.0. The van der Waals surface area contributed by atoms with Crippen LogP contribution < -0.4 is 15.8 Å². The zero-order chi connectivity index (χ0) is 22.7. The lowest BCUT2D eigenvalue weighted by Gasteiger charge is -2.39. The first-order chi connectivity index (χ1) is 14.7. The Kier molecular flexibility index (Phi) is 7.10. The molecule has 11 nitrogen and oxygen atoms in total. The lowest BCUT2D eigenvalue weighted by Crippen LogP contribution is -2.60. The van der Waals surface area contributed by atoms with Gasteiger partial charge in [0.05, 0.1) is 19.4 Å². The minimum absolute atomic E-state index is 0.179. The number of rotatable bonds is 6. The Morgan fingerprint density at radius 1 is 1.16 bits per heavy atom. The highest BCUT2D eigenvalue weighted by molar-refractivity contribution is 7.18. The lowest BCUT2D eigenvalue weighted by atomic mass is 9.99. The highest BCUT2D eigenvalue weighted by Gasteiger charge is 2.44. The van der Waals surface area contributed by atoms with Gasteiger partial charge in [-0.15, -0.1) is 11.3 Å². The number of urea groups is 1. The molecule has 1 saturated heterocycles. The fraction of sp³-hybridized carbons (Fsp3) is 0.368. The zero-order valence-corrected chi connectivity index (χ0v) is 17.1. The van der Waals surface area contributed by atoms with Crippen molar-refractivity contribution in [1.29, 1.82) is 0 Å². The van der Waals surface area contributed by atoms with Crippen LogP contribution in [-0.2, 0) is 9.47 Å². The maximum Gasteiger partial charge on any atom is 0.350 e. The second kappa shape index (κ2) is 9.60. The minimum Gasteiger partial charge on any atom is -0.465 e. The molecule has 0 saturated carbocycles. The second-order valence-corrected chi connectivity index (χ2v) is 7.73. The first-order valence-corrected chi connectivity index (χ1v) is 9.93. The monoisotopic (exact) mass is 454 g/mol. The van der Waals surface area contributed by atoms with E-state index < -0.39 is 49.3 Å². The molecule has 31 heavy (non-hydrogen) atoms. The van der Waals surface area contributed by atoms with Gasteiger partial charge in [-0.1, -0.05) is 0 Å². The number of ether oxygens (including phenoxy) is 3. The number of aliphatic hydroxyl groups is 4. The van der Waals surface area contributed by atoms with Crippen LogP contribution in [0.2, 0.25) is 0 Å². The molecule has 1 aliphatic heterocycles. The number of anilines is 1. The van der Waals surface area contributed by atoms with Crippen LogP contribution in [0, 0.1) is 0 Å². The first-order valence-electron chi connectivity index (χ1n) is 9.11. The van der Waals surface area contributed by atoms with Crippen molar-refractivity contribution in [2.75, 3.05) is 19.0 Å². The van der Waals surface area contributed by atoms with Crippen LogP contribution >= 0.6 is 11.3 Å². The SMILES string of the molecule is COC(=O)c1sc(-c2ccc(O[C@H]3O[C@H](CO)[C@@H](O)[C@H](O)[C@@H]3O)cc2)cc1NC(N)=O. The molecular formula is C19H22N2O9S. The molecule has 1 aromatic heterocycles. The van der Waals surface area contributed by atoms with Gasteiger partial charge in [0.1, 0.15) is 35.0 Å². The Labute approximate surface area is 180 Å². The van der Waals surface area contributed by atoms with Gasteiger partial charge in [-0.25, -0.2) is 9.59 Å². The fourth-order valence-corrected chi connectivity index (χ4v) is 4.04. The Bertz CT molecular complexity index is 931. The molecule has 0 unspecified atom stereocenters. The van der Waals surface area contributed by atoms with E-state index in [0.29, 0.717) is 10.4 Å². The predicted molar refractivity (Wildman–Crippen MR) is 109 cm³/mol. The second-order valence-electron chi connectivity index (χ2n) is 6.67. The van der Waals surface area contributed by atoms with Gasteiger partial charge in [-0.2, -0.15) is 0 Å². The molecule has 2 amide bonds. The Morgan fingerprint density at radius 2 is 1.84 bits per heavy atom. The van der Waals surface area contributed by atoms with E-state index in [1.807, 2.05) is 0 Å². The smallest absolute Gasteiger partial charge is 0.350 e. The van der Waals surface area contributed by atoms with Crippen LogP contribution in [0.15, 0.2) is 30.3 Å². The van der Waals surface area contributed by atoms with Gasteiger partial charge in [0.25, 0.3) is 0 Å². The van der Waals surface area contributed by atoms with Crippen molar-refractivity contribution >= 4 is 29.0 Å². The molecule has 0 aliphatic carbocycles. The number of amides is 2. The molecule has 12 heteroatoms. The van der Waals surface area contributed by atoms with Crippen LogP contribution in [0.1, 0.15) is 9.67 Å². The molecule has 0 bridgehead atoms. The summed E-state index contributed by atoms with van der Waals surface area (Å²) in [5.74, 6) is -0.337. The maximum absolute atomic E-state index is 12.0. The number of primary amides is 1. The largest absolute Gasteiger partial charge is 0.465 e. The highest BCUT2D eigenvalue weighted by Crippen LogP contribution is 2.36. The molecular weight excluding hydrogens is 432 g/mol. The van der Waals surface area contributed by atoms with Gasteiger partial charge in [-0.05, 0) is 35.9 Å². The third-order valence-electron chi connectivity index (χ3n) is 4.60. The summed E-state index contributed by atoms with van der Waals surface area (Å²) in [6.07, 6.45) is -6.94. The molecule has 0 radical (unpaired) electrons. The van der Waals surface area contributed by atoms with Gasteiger partial charge >= 0.3 is 12.0 Å². The van der Waals surface area contributed by atoms with E-state index >= 15 is 0 Å². The number of carbonyl (C=O) groups is 2. The van der Waals surface area contributed by atoms with Crippen molar-refractivity contribution in [3.05, 3.63) is 35.2 Å². The number of nitrogens with two attached hydrogens (primary N) is 1. The molecule has 168 valence electrons. The third kappa shape index (κ3) is 4.95. The summed E-state index contributed by atoms with van der Waals surface area (Å²) in [6, 6.07) is 7.22. The molecule has 3 rings (SSSR count). The van der Waals surface area contributed by atoms with E-state index in [0.717, 1.165) is 11.3 Å². The summed E-state index contributed by atoms with van der Waals surface area (Å²) in [5.41, 5.74) is 6.06. The van der Waals surface area contributed by atoms with Gasteiger partial charge < -0.3 is 45.7 Å². The quantitative estimate of drug-likeness (QED) is 0.324. The van der Waals surface area contributed by atoms with Gasteiger partial charge in [0, 0.05) is 4.88 Å². The van der Waals surface area contributed by atoms with E-state index in [-0.39, 0.29) is 16.3 Å². The number of aliphatic hydroxyl groups excluding tert-OH is 4. The third-order valence-corrected chi connectivity index (χ3v) is 5.76. The molecule has 1 fully saturated rings. The summed E-state index contributed by atoms with van der Waals surface area (Å²) >= 11 is 1.09. The number of esters is 1. The van der Waals surface area contributed by atoms with Crippen LogP contribution in [0.5, 0.6) is 5.75 Å². The van der Waals surface area contributed by atoms with Crippen LogP contribution in [-0.4, -0.2) is 76.8 Å². The van der Waals surface area contributed by atoms with Crippen LogP contribution in [0.25, 0.3) is 10.4 Å². The number of thiophene rings is 1. The van der Waals surface area contributed by atoms with Crippen molar-refractivity contribution in [3.8, 4) is 16.2 Å². The van der Waals surface area contributed by atoms with Crippen molar-refractivity contribution in [2.24, 2.45) is 5.73 Å². The Hall–Kier alpha value is -2.74. The van der Waals surface area contributed by atoms with Crippen molar-refractivity contribution in [2.45, 2.75) is 30.7 Å². The molecule has 2 aromatic rings. The Morgan fingerprint density at radius 3 is 2.42 bits per heavy atom. The number of nitrogens with one attached hydrogen (secondary N) is 1. The number of carbonyl (C=O) groups excluding carboxylic acids is 2. The van der Waals surface area contributed by atoms with Crippen molar-refractivity contribution < 1.29 is 44.2 Å². The Balaban J connectivity index is 1.78. The summed E-state index contributed by atoms with van der Waals surface area (Å²) in [5, 5.41) is 41.4. The molecule has 1 aromatic carbocycles. The summed E-state index contributed by atoms with van der Waals surface area (Å²) in [6.45, 7) is -0.563. The average molecular weight is 454 g/mol. The number of hydrogen-bond acceptors (Lipinski definition) is 10. The van der Waals surface area contributed by atoms with E-state index in [1.165, 1.54) is 7.11 Å². The zero-order valence-electron chi connectivity index (χ0n) is 16.3. The van der Waals surface area contributed by atoms with E-state index in [9.17, 15) is 30.0 Å². The summed E-state index contributed by atoms with van der Waals surface area (Å²) < 4.78 is 15.6. The fourth-order valence-electron chi connectivity index (χ4n) is 3.00. The van der Waals surface area contributed by atoms with Crippen LogP contribution in [0.3, 0.4) is 0 Å². The van der Waals surface area contributed by atoms with E-state index in [4.69, 9.17) is 19.9 Å². The van der Waals surface area contributed by atoms with Crippen LogP contribution in [0.4, 0.5) is 10.5 Å².